The van der Waals surface area contributed by atoms with E-state index in [1.54, 1.807) is 12.1 Å². The largest absolute Gasteiger partial charge is 0.507 e. The number of nitrogens with zero attached hydrogens (tertiary/aromatic N) is 4. The summed E-state index contributed by atoms with van der Waals surface area (Å²) in [5, 5.41) is 20.2. The minimum absolute atomic E-state index is 0.0213. The lowest BCUT2D eigenvalue weighted by Gasteiger charge is -2.14. The number of aromatic nitrogens is 3. The third-order valence-corrected chi connectivity index (χ3v) is 5.40. The molecule has 170 valence electrons. The number of hydrogen-bond acceptors (Lipinski definition) is 6. The van der Waals surface area contributed by atoms with E-state index in [9.17, 15) is 10.4 Å². The molecule has 0 bridgehead atoms. The summed E-state index contributed by atoms with van der Waals surface area (Å²) in [4.78, 5) is 14.0. The van der Waals surface area contributed by atoms with Gasteiger partial charge in [-0.1, -0.05) is 80.4 Å². The molecule has 0 fully saturated rings. The van der Waals surface area contributed by atoms with Crippen LogP contribution in [0.3, 0.4) is 0 Å². The maximum atomic E-state index is 10.8. The van der Waals surface area contributed by atoms with E-state index in [-0.39, 0.29) is 5.75 Å². The summed E-state index contributed by atoms with van der Waals surface area (Å²) < 4.78 is 5.79. The van der Waals surface area contributed by atoms with Gasteiger partial charge in [0.25, 0.3) is 0 Å². The SMILES string of the molecule is CCCCCC(C#N)Oc1ccc(-c2nc(-c3ccccc3)nc(-c3ccccc3)n2)c(O)c1. The van der Waals surface area contributed by atoms with E-state index in [0.717, 1.165) is 30.4 Å². The second kappa shape index (κ2) is 11.1. The minimum Gasteiger partial charge on any atom is -0.507 e. The zero-order valence-corrected chi connectivity index (χ0v) is 19.1. The Morgan fingerprint density at radius 3 is 1.94 bits per heavy atom. The lowest BCUT2D eigenvalue weighted by atomic mass is 10.1. The van der Waals surface area contributed by atoms with Crippen molar-refractivity contribution < 1.29 is 9.84 Å². The smallest absolute Gasteiger partial charge is 0.184 e. The van der Waals surface area contributed by atoms with Gasteiger partial charge in [0.05, 0.1) is 5.56 Å². The van der Waals surface area contributed by atoms with Crippen molar-refractivity contribution in [2.45, 2.75) is 38.7 Å². The van der Waals surface area contributed by atoms with E-state index in [4.69, 9.17) is 4.74 Å². The molecule has 1 heterocycles. The molecule has 1 N–H and O–H groups in total. The van der Waals surface area contributed by atoms with Crippen molar-refractivity contribution in [3.8, 4) is 51.7 Å². The van der Waals surface area contributed by atoms with E-state index >= 15 is 0 Å². The molecule has 34 heavy (non-hydrogen) atoms. The van der Waals surface area contributed by atoms with E-state index in [1.165, 1.54) is 6.07 Å². The van der Waals surface area contributed by atoms with Crippen LogP contribution in [-0.4, -0.2) is 26.2 Å². The van der Waals surface area contributed by atoms with E-state index in [0.29, 0.717) is 35.2 Å². The molecule has 3 aromatic carbocycles. The highest BCUT2D eigenvalue weighted by atomic mass is 16.5. The highest BCUT2D eigenvalue weighted by molar-refractivity contribution is 5.70. The van der Waals surface area contributed by atoms with Gasteiger partial charge in [0, 0.05) is 17.2 Å². The number of aromatic hydroxyl groups is 1. The van der Waals surface area contributed by atoms with Gasteiger partial charge in [-0.2, -0.15) is 5.26 Å². The first-order chi connectivity index (χ1) is 16.7. The molecule has 1 unspecified atom stereocenters. The Balaban J connectivity index is 1.69. The van der Waals surface area contributed by atoms with Crippen LogP contribution in [0.1, 0.15) is 32.6 Å². The van der Waals surface area contributed by atoms with Gasteiger partial charge in [-0.3, -0.25) is 0 Å². The molecular formula is C28H26N4O2. The molecule has 0 radical (unpaired) electrons. The van der Waals surface area contributed by atoms with Crippen molar-refractivity contribution in [3.05, 3.63) is 78.9 Å². The second-order valence-electron chi connectivity index (χ2n) is 7.95. The third kappa shape index (κ3) is 5.57. The topological polar surface area (TPSA) is 91.9 Å². The van der Waals surface area contributed by atoms with E-state index in [1.807, 2.05) is 60.7 Å². The average molecular weight is 451 g/mol. The maximum Gasteiger partial charge on any atom is 0.184 e. The molecule has 6 nitrogen and oxygen atoms in total. The molecule has 0 amide bonds. The molecule has 1 atom stereocenters. The predicted molar refractivity (Wildman–Crippen MR) is 132 cm³/mol. The first-order valence-corrected chi connectivity index (χ1v) is 11.4. The highest BCUT2D eigenvalue weighted by Crippen LogP contribution is 2.33. The fraction of sp³-hybridized carbons (Fsp3) is 0.214. The Kier molecular flexibility index (Phi) is 7.46. The molecule has 0 saturated heterocycles. The number of hydrogen-bond donors (Lipinski definition) is 1. The van der Waals surface area contributed by atoms with Crippen LogP contribution >= 0.6 is 0 Å². The van der Waals surface area contributed by atoms with Crippen LogP contribution in [0.4, 0.5) is 0 Å². The van der Waals surface area contributed by atoms with Crippen molar-refractivity contribution in [1.82, 2.24) is 15.0 Å². The number of rotatable bonds is 9. The average Bonchev–Trinajstić information content (AvgIpc) is 2.89. The summed E-state index contributed by atoms with van der Waals surface area (Å²) in [6.45, 7) is 2.12. The molecule has 4 aromatic rings. The van der Waals surface area contributed by atoms with Gasteiger partial charge in [0.2, 0.25) is 0 Å². The number of nitriles is 1. The van der Waals surface area contributed by atoms with Gasteiger partial charge in [0.1, 0.15) is 17.6 Å². The van der Waals surface area contributed by atoms with Crippen LogP contribution in [0, 0.1) is 11.3 Å². The van der Waals surface area contributed by atoms with Gasteiger partial charge in [0.15, 0.2) is 23.6 Å². The van der Waals surface area contributed by atoms with Crippen LogP contribution in [0.15, 0.2) is 78.9 Å². The van der Waals surface area contributed by atoms with E-state index < -0.39 is 6.10 Å². The molecule has 1 aromatic heterocycles. The standard InChI is InChI=1S/C28H26N4O2/c1-2-3-6-15-23(19-29)34-22-16-17-24(25(33)18-22)28-31-26(20-11-7-4-8-12-20)30-27(32-28)21-13-9-5-10-14-21/h4-5,7-14,16-18,23,33H,2-3,6,15H2,1H3. The van der Waals surface area contributed by atoms with Gasteiger partial charge >= 0.3 is 0 Å². The monoisotopic (exact) mass is 450 g/mol. The Morgan fingerprint density at radius 1 is 0.824 bits per heavy atom. The zero-order chi connectivity index (χ0) is 23.8. The molecule has 0 saturated carbocycles. The lowest BCUT2D eigenvalue weighted by Crippen LogP contribution is -2.13. The maximum absolute atomic E-state index is 10.8. The van der Waals surface area contributed by atoms with Crippen molar-refractivity contribution >= 4 is 0 Å². The van der Waals surface area contributed by atoms with E-state index in [2.05, 4.69) is 27.9 Å². The van der Waals surface area contributed by atoms with Crippen molar-refractivity contribution in [2.75, 3.05) is 0 Å². The molecule has 0 aliphatic rings. The second-order valence-corrected chi connectivity index (χ2v) is 7.95. The summed E-state index contributed by atoms with van der Waals surface area (Å²) in [7, 11) is 0. The van der Waals surface area contributed by atoms with Crippen molar-refractivity contribution in [1.29, 1.82) is 5.26 Å². The first-order valence-electron chi connectivity index (χ1n) is 11.4. The number of phenols is 1. The first kappa shape index (κ1) is 22.9. The van der Waals surface area contributed by atoms with Crippen molar-refractivity contribution in [3.63, 3.8) is 0 Å². The lowest BCUT2D eigenvalue weighted by molar-refractivity contribution is 0.239. The zero-order valence-electron chi connectivity index (χ0n) is 19.1. The van der Waals surface area contributed by atoms with Gasteiger partial charge in [-0.25, -0.2) is 15.0 Å². The number of ether oxygens (including phenoxy) is 1. The van der Waals surface area contributed by atoms with Gasteiger partial charge < -0.3 is 9.84 Å². The van der Waals surface area contributed by atoms with Crippen LogP contribution in [-0.2, 0) is 0 Å². The number of phenolic OH excluding ortho intramolecular Hbond substituents is 1. The molecule has 0 spiro atoms. The molecule has 0 aliphatic heterocycles. The fourth-order valence-corrected chi connectivity index (χ4v) is 3.60. The van der Waals surface area contributed by atoms with Gasteiger partial charge in [-0.15, -0.1) is 0 Å². The minimum atomic E-state index is -0.552. The highest BCUT2D eigenvalue weighted by Gasteiger charge is 2.16. The quantitative estimate of drug-likeness (QED) is 0.295. The van der Waals surface area contributed by atoms with Crippen LogP contribution < -0.4 is 4.74 Å². The summed E-state index contributed by atoms with van der Waals surface area (Å²) in [5.41, 5.74) is 2.17. The van der Waals surface area contributed by atoms with Crippen LogP contribution in [0.5, 0.6) is 11.5 Å². The Morgan fingerprint density at radius 2 is 1.41 bits per heavy atom. The Hall–Kier alpha value is -4.24. The number of benzene rings is 3. The van der Waals surface area contributed by atoms with Crippen LogP contribution in [0.2, 0.25) is 0 Å². The predicted octanol–water partition coefficient (Wildman–Crippen LogP) is 6.43. The Bertz CT molecular complexity index is 1210. The summed E-state index contributed by atoms with van der Waals surface area (Å²) in [6, 6.07) is 26.5. The Labute approximate surface area is 199 Å². The molecule has 6 heteroatoms. The summed E-state index contributed by atoms with van der Waals surface area (Å²) in [6.07, 6.45) is 3.16. The van der Waals surface area contributed by atoms with Crippen LogP contribution in [0.25, 0.3) is 34.2 Å². The normalized spacial score (nSPS) is 11.5. The summed E-state index contributed by atoms with van der Waals surface area (Å²) in [5.74, 6) is 1.81. The molecule has 0 aliphatic carbocycles. The van der Waals surface area contributed by atoms with Crippen molar-refractivity contribution in [2.24, 2.45) is 0 Å². The summed E-state index contributed by atoms with van der Waals surface area (Å²) >= 11 is 0. The number of unbranched alkanes of at least 4 members (excludes halogenated alkanes) is 2. The molecule has 4 rings (SSSR count). The molecular weight excluding hydrogens is 424 g/mol. The third-order valence-electron chi connectivity index (χ3n) is 5.40. The fourth-order valence-electron chi connectivity index (χ4n) is 3.60. The van der Waals surface area contributed by atoms with Gasteiger partial charge in [-0.05, 0) is 25.0 Å².